The number of nitrogens with one attached hydrogen (secondary N) is 1. The van der Waals surface area contributed by atoms with Crippen molar-refractivity contribution in [3.63, 3.8) is 0 Å². The lowest BCUT2D eigenvalue weighted by atomic mass is 10.1. The third kappa shape index (κ3) is 5.41. The lowest BCUT2D eigenvalue weighted by Gasteiger charge is -2.22. The summed E-state index contributed by atoms with van der Waals surface area (Å²) in [5.74, 6) is -0.809. The molecule has 30 heavy (non-hydrogen) atoms. The Morgan fingerprint density at radius 1 is 1.03 bits per heavy atom. The van der Waals surface area contributed by atoms with Crippen LogP contribution in [-0.4, -0.2) is 54.4 Å². The summed E-state index contributed by atoms with van der Waals surface area (Å²) >= 11 is 0. The third-order valence-corrected chi connectivity index (χ3v) is 5.32. The molecule has 0 aliphatic rings. The number of methoxy groups -OCH3 is 3. The van der Waals surface area contributed by atoms with Crippen molar-refractivity contribution < 1.29 is 32.2 Å². The normalized spacial score (nSPS) is 10.8. The minimum Gasteiger partial charge on any atom is -0.493 e. The molecule has 0 bridgehead atoms. The van der Waals surface area contributed by atoms with Gasteiger partial charge in [0.05, 0.1) is 44.5 Å². The quantitative estimate of drug-likeness (QED) is 0.632. The van der Waals surface area contributed by atoms with Crippen molar-refractivity contribution in [2.24, 2.45) is 0 Å². The molecule has 0 aliphatic carbocycles. The number of aryl methyl sites for hydroxylation is 1. The van der Waals surface area contributed by atoms with Crippen molar-refractivity contribution in [3.05, 3.63) is 47.5 Å². The smallest absolute Gasteiger partial charge is 0.340 e. The molecule has 0 spiro atoms. The van der Waals surface area contributed by atoms with Crippen LogP contribution in [-0.2, 0) is 19.6 Å². The number of anilines is 2. The summed E-state index contributed by atoms with van der Waals surface area (Å²) in [6, 6.07) is 9.54. The van der Waals surface area contributed by atoms with Gasteiger partial charge in [0.25, 0.3) is 0 Å². The number of ether oxygens (including phenoxy) is 3. The predicted molar refractivity (Wildman–Crippen MR) is 113 cm³/mol. The van der Waals surface area contributed by atoms with E-state index in [0.717, 1.165) is 16.1 Å². The van der Waals surface area contributed by atoms with Crippen molar-refractivity contribution >= 4 is 33.3 Å². The van der Waals surface area contributed by atoms with Crippen LogP contribution in [0, 0.1) is 6.92 Å². The van der Waals surface area contributed by atoms with Crippen molar-refractivity contribution in [1.29, 1.82) is 0 Å². The highest BCUT2D eigenvalue weighted by atomic mass is 32.2. The number of esters is 1. The minimum atomic E-state index is -3.74. The van der Waals surface area contributed by atoms with Crippen LogP contribution in [0.5, 0.6) is 11.5 Å². The number of benzene rings is 2. The second-order valence-electron chi connectivity index (χ2n) is 6.40. The molecule has 9 nitrogen and oxygen atoms in total. The molecule has 0 saturated carbocycles. The Labute approximate surface area is 175 Å². The number of amides is 1. The highest BCUT2D eigenvalue weighted by Gasteiger charge is 2.23. The van der Waals surface area contributed by atoms with Crippen molar-refractivity contribution in [1.82, 2.24) is 0 Å². The highest BCUT2D eigenvalue weighted by Crippen LogP contribution is 2.34. The van der Waals surface area contributed by atoms with Crippen LogP contribution in [0.2, 0.25) is 0 Å². The van der Waals surface area contributed by atoms with E-state index in [2.05, 4.69) is 5.32 Å². The van der Waals surface area contributed by atoms with Crippen LogP contribution in [0.3, 0.4) is 0 Å². The summed E-state index contributed by atoms with van der Waals surface area (Å²) in [6.07, 6.45) is 1.01. The summed E-state index contributed by atoms with van der Waals surface area (Å²) in [6.45, 7) is 1.33. The first-order chi connectivity index (χ1) is 14.1. The first-order valence-electron chi connectivity index (χ1n) is 8.79. The molecule has 1 amide bonds. The number of nitrogens with zero attached hydrogens (tertiary/aromatic N) is 1. The van der Waals surface area contributed by atoms with E-state index in [0.29, 0.717) is 5.69 Å². The molecule has 0 atom stereocenters. The van der Waals surface area contributed by atoms with Crippen molar-refractivity contribution in [3.8, 4) is 11.5 Å². The SMILES string of the molecule is COC(=O)c1cc(OC)c(OC)cc1NC(=O)CN(c1cccc(C)c1)S(C)(=O)=O. The molecule has 10 heteroatoms. The lowest BCUT2D eigenvalue weighted by Crippen LogP contribution is -2.37. The highest BCUT2D eigenvalue weighted by molar-refractivity contribution is 7.92. The molecule has 0 radical (unpaired) electrons. The van der Waals surface area contributed by atoms with Gasteiger partial charge in [-0.2, -0.15) is 0 Å². The van der Waals surface area contributed by atoms with Crippen molar-refractivity contribution in [2.75, 3.05) is 43.8 Å². The third-order valence-electron chi connectivity index (χ3n) is 4.18. The van der Waals surface area contributed by atoms with Gasteiger partial charge in [-0.3, -0.25) is 9.10 Å². The summed E-state index contributed by atoms with van der Waals surface area (Å²) < 4.78 is 40.7. The van der Waals surface area contributed by atoms with E-state index in [1.165, 1.54) is 33.5 Å². The molecule has 162 valence electrons. The zero-order chi connectivity index (χ0) is 22.5. The van der Waals surface area contributed by atoms with Gasteiger partial charge in [0.2, 0.25) is 15.9 Å². The van der Waals surface area contributed by atoms with Gasteiger partial charge in [-0.05, 0) is 24.6 Å². The summed E-state index contributed by atoms with van der Waals surface area (Å²) in [5.41, 5.74) is 1.33. The van der Waals surface area contributed by atoms with Crippen LogP contribution < -0.4 is 19.1 Å². The molecule has 1 N–H and O–H groups in total. The van der Waals surface area contributed by atoms with E-state index in [9.17, 15) is 18.0 Å². The maximum atomic E-state index is 12.7. The summed E-state index contributed by atoms with van der Waals surface area (Å²) in [4.78, 5) is 24.9. The molecule has 0 fully saturated rings. The van der Waals surface area contributed by atoms with E-state index in [1.807, 2.05) is 13.0 Å². The van der Waals surface area contributed by atoms with Crippen molar-refractivity contribution in [2.45, 2.75) is 6.92 Å². The number of carbonyl (C=O) groups is 2. The van der Waals surface area contributed by atoms with E-state index in [4.69, 9.17) is 14.2 Å². The first-order valence-corrected chi connectivity index (χ1v) is 10.6. The van der Waals surface area contributed by atoms with Crippen LogP contribution in [0.1, 0.15) is 15.9 Å². The average molecular weight is 436 g/mol. The number of rotatable bonds is 8. The predicted octanol–water partition coefficient (Wildman–Crippen LogP) is 2.20. The van der Waals surface area contributed by atoms with Gasteiger partial charge in [-0.15, -0.1) is 0 Å². The molecule has 0 aliphatic heterocycles. The standard InChI is InChI=1S/C20H24N2O7S/c1-13-7-6-8-14(9-13)22(30(5,25)26)12-19(23)21-16-11-18(28-3)17(27-2)10-15(16)20(24)29-4/h6-11H,12H2,1-5H3,(H,21,23). The number of carbonyl (C=O) groups excluding carboxylic acids is 2. The van der Waals surface area contributed by atoms with E-state index < -0.39 is 28.4 Å². The van der Waals surface area contributed by atoms with Gasteiger partial charge in [0.1, 0.15) is 6.54 Å². The Hall–Kier alpha value is -3.27. The van der Waals surface area contributed by atoms with Crippen LogP contribution in [0.4, 0.5) is 11.4 Å². The van der Waals surface area contributed by atoms with Crippen LogP contribution in [0.25, 0.3) is 0 Å². The Morgan fingerprint density at radius 2 is 1.67 bits per heavy atom. The van der Waals surface area contributed by atoms with Crippen LogP contribution in [0.15, 0.2) is 36.4 Å². The van der Waals surface area contributed by atoms with Gasteiger partial charge in [0.15, 0.2) is 11.5 Å². The minimum absolute atomic E-state index is 0.0324. The molecule has 0 saturated heterocycles. The summed E-state index contributed by atoms with van der Waals surface area (Å²) in [7, 11) is 0.275. The Balaban J connectivity index is 2.39. The molecule has 2 aromatic rings. The van der Waals surface area contributed by atoms with Gasteiger partial charge >= 0.3 is 5.97 Å². The topological polar surface area (TPSA) is 111 Å². The monoisotopic (exact) mass is 436 g/mol. The largest absolute Gasteiger partial charge is 0.493 e. The molecule has 0 aromatic heterocycles. The molecule has 2 rings (SSSR count). The van der Waals surface area contributed by atoms with Gasteiger partial charge in [0, 0.05) is 12.1 Å². The fraction of sp³-hybridized carbons (Fsp3) is 0.300. The number of hydrogen-bond donors (Lipinski definition) is 1. The van der Waals surface area contributed by atoms with E-state index in [1.54, 1.807) is 18.2 Å². The van der Waals surface area contributed by atoms with E-state index >= 15 is 0 Å². The van der Waals surface area contributed by atoms with Crippen LogP contribution >= 0.6 is 0 Å². The zero-order valence-electron chi connectivity index (χ0n) is 17.4. The average Bonchev–Trinajstić information content (AvgIpc) is 2.70. The molecule has 0 unspecified atom stereocenters. The van der Waals surface area contributed by atoms with Gasteiger partial charge in [-0.25, -0.2) is 13.2 Å². The maximum absolute atomic E-state index is 12.7. The fourth-order valence-electron chi connectivity index (χ4n) is 2.76. The molecule has 2 aromatic carbocycles. The van der Waals surface area contributed by atoms with Gasteiger partial charge < -0.3 is 19.5 Å². The Bertz CT molecular complexity index is 1050. The molecule has 0 heterocycles. The van der Waals surface area contributed by atoms with E-state index in [-0.39, 0.29) is 22.7 Å². The maximum Gasteiger partial charge on any atom is 0.340 e. The second-order valence-corrected chi connectivity index (χ2v) is 8.31. The first kappa shape index (κ1) is 23.0. The Morgan fingerprint density at radius 3 is 2.20 bits per heavy atom. The van der Waals surface area contributed by atoms with Gasteiger partial charge in [-0.1, -0.05) is 12.1 Å². The lowest BCUT2D eigenvalue weighted by molar-refractivity contribution is -0.114. The summed E-state index contributed by atoms with van der Waals surface area (Å²) in [5, 5.41) is 2.56. The molecular formula is C20H24N2O7S. The zero-order valence-corrected chi connectivity index (χ0v) is 18.2. The Kier molecular flexibility index (Phi) is 7.28. The number of sulfonamides is 1. The second kappa shape index (κ2) is 9.49. The molecular weight excluding hydrogens is 412 g/mol. The fourth-order valence-corrected chi connectivity index (χ4v) is 3.61. The number of hydrogen-bond acceptors (Lipinski definition) is 7.